The average Bonchev–Trinajstić information content (AvgIpc) is 3.17. The van der Waals surface area contributed by atoms with Crippen molar-refractivity contribution in [1.29, 1.82) is 0 Å². The van der Waals surface area contributed by atoms with Gasteiger partial charge in [-0.3, -0.25) is 0 Å². The van der Waals surface area contributed by atoms with Gasteiger partial charge in [-0.05, 0) is 30.4 Å². The van der Waals surface area contributed by atoms with Crippen LogP contribution in [0.15, 0.2) is 11.2 Å². The van der Waals surface area contributed by atoms with Gasteiger partial charge >= 0.3 is 0 Å². The van der Waals surface area contributed by atoms with E-state index in [9.17, 15) is 0 Å². The molecule has 1 aromatic heterocycles. The number of thioether (sulfide) groups is 1. The summed E-state index contributed by atoms with van der Waals surface area (Å²) in [5.41, 5.74) is 0.490. The van der Waals surface area contributed by atoms with Crippen molar-refractivity contribution in [3.63, 3.8) is 0 Å². The van der Waals surface area contributed by atoms with Gasteiger partial charge in [0.05, 0.1) is 0 Å². The van der Waals surface area contributed by atoms with E-state index in [1.807, 2.05) is 19.4 Å². The van der Waals surface area contributed by atoms with Crippen LogP contribution in [0, 0.1) is 11.3 Å². The number of nitrogens with one attached hydrogen (secondary N) is 2. The number of anilines is 2. The fourth-order valence-electron chi connectivity index (χ4n) is 2.12. The lowest BCUT2D eigenvalue weighted by Gasteiger charge is -2.20. The van der Waals surface area contributed by atoms with Crippen molar-refractivity contribution in [3.05, 3.63) is 6.07 Å². The molecule has 0 aliphatic heterocycles. The van der Waals surface area contributed by atoms with E-state index in [-0.39, 0.29) is 0 Å². The van der Waals surface area contributed by atoms with Crippen molar-refractivity contribution in [2.45, 2.75) is 31.8 Å². The molecule has 2 rings (SSSR count). The van der Waals surface area contributed by atoms with E-state index >= 15 is 0 Å². The lowest BCUT2D eigenvalue weighted by Crippen LogP contribution is -2.21. The predicted octanol–water partition coefficient (Wildman–Crippen LogP) is 3.09. The Kier molecular flexibility index (Phi) is 4.00. The minimum absolute atomic E-state index is 0.490. The highest BCUT2D eigenvalue weighted by Gasteiger charge is 2.44. The van der Waals surface area contributed by atoms with Crippen LogP contribution in [0.5, 0.6) is 0 Å². The summed E-state index contributed by atoms with van der Waals surface area (Å²) in [6.45, 7) is 5.63. The maximum Gasteiger partial charge on any atom is 0.191 e. The largest absolute Gasteiger partial charge is 0.373 e. The molecular weight excluding hydrogens is 244 g/mol. The molecule has 5 heteroatoms. The van der Waals surface area contributed by atoms with E-state index in [1.165, 1.54) is 12.8 Å². The molecule has 100 valence electrons. The van der Waals surface area contributed by atoms with E-state index in [4.69, 9.17) is 0 Å². The van der Waals surface area contributed by atoms with Crippen molar-refractivity contribution >= 4 is 23.4 Å². The smallest absolute Gasteiger partial charge is 0.191 e. The van der Waals surface area contributed by atoms with Gasteiger partial charge in [-0.2, -0.15) is 0 Å². The summed E-state index contributed by atoms with van der Waals surface area (Å²) in [6.07, 6.45) is 4.66. The second-order valence-electron chi connectivity index (χ2n) is 5.25. The Morgan fingerprint density at radius 2 is 2.00 bits per heavy atom. The Morgan fingerprint density at radius 1 is 1.33 bits per heavy atom. The lowest BCUT2D eigenvalue weighted by atomic mass is 9.92. The zero-order valence-electron chi connectivity index (χ0n) is 11.6. The fraction of sp³-hybridized carbons (Fsp3) is 0.692. The Hall–Kier alpha value is -0.970. The number of aromatic nitrogens is 2. The molecule has 0 bridgehead atoms. The minimum Gasteiger partial charge on any atom is -0.373 e. The third-order valence-electron chi connectivity index (χ3n) is 3.88. The van der Waals surface area contributed by atoms with Crippen molar-refractivity contribution in [2.75, 3.05) is 30.5 Å². The van der Waals surface area contributed by atoms with Gasteiger partial charge in [-0.25, -0.2) is 9.97 Å². The summed E-state index contributed by atoms with van der Waals surface area (Å²) in [6, 6.07) is 1.97. The van der Waals surface area contributed by atoms with Gasteiger partial charge in [0.25, 0.3) is 0 Å². The topological polar surface area (TPSA) is 49.8 Å². The number of nitrogens with zero attached hydrogens (tertiary/aromatic N) is 2. The molecule has 0 radical (unpaired) electrons. The second kappa shape index (κ2) is 5.34. The monoisotopic (exact) mass is 266 g/mol. The zero-order valence-corrected chi connectivity index (χ0v) is 12.4. The summed E-state index contributed by atoms with van der Waals surface area (Å²) >= 11 is 1.57. The normalized spacial score (nSPS) is 16.7. The highest BCUT2D eigenvalue weighted by molar-refractivity contribution is 7.98. The molecule has 1 saturated carbocycles. The first-order valence-corrected chi connectivity index (χ1v) is 7.67. The summed E-state index contributed by atoms with van der Waals surface area (Å²) in [5, 5.41) is 7.35. The zero-order chi connectivity index (χ0) is 13.2. The minimum atomic E-state index is 0.490. The average molecular weight is 266 g/mol. The van der Waals surface area contributed by atoms with Crippen molar-refractivity contribution in [1.82, 2.24) is 9.97 Å². The molecule has 18 heavy (non-hydrogen) atoms. The van der Waals surface area contributed by atoms with Crippen LogP contribution in [-0.4, -0.2) is 29.8 Å². The van der Waals surface area contributed by atoms with E-state index in [2.05, 4.69) is 34.4 Å². The fourth-order valence-corrected chi connectivity index (χ4v) is 2.50. The SMILES string of the molecule is CNc1cc(NCC2(C(C)C)CC2)nc(SC)n1. The first-order chi connectivity index (χ1) is 8.59. The van der Waals surface area contributed by atoms with Crippen LogP contribution in [-0.2, 0) is 0 Å². The van der Waals surface area contributed by atoms with Crippen molar-refractivity contribution < 1.29 is 0 Å². The van der Waals surface area contributed by atoms with Gasteiger partial charge in [0.2, 0.25) is 0 Å². The van der Waals surface area contributed by atoms with Gasteiger partial charge in [0.15, 0.2) is 5.16 Å². The Bertz CT molecular complexity index is 393. The maximum absolute atomic E-state index is 4.49. The quantitative estimate of drug-likeness (QED) is 0.612. The summed E-state index contributed by atoms with van der Waals surface area (Å²) in [4.78, 5) is 8.86. The molecule has 1 heterocycles. The van der Waals surface area contributed by atoms with E-state index in [0.717, 1.165) is 29.3 Å². The maximum atomic E-state index is 4.49. The van der Waals surface area contributed by atoms with Crippen LogP contribution >= 0.6 is 11.8 Å². The molecule has 1 aliphatic rings. The molecule has 0 aromatic carbocycles. The molecule has 2 N–H and O–H groups in total. The van der Waals surface area contributed by atoms with Gasteiger partial charge < -0.3 is 10.6 Å². The van der Waals surface area contributed by atoms with E-state index < -0.39 is 0 Å². The van der Waals surface area contributed by atoms with Crippen LogP contribution in [0.4, 0.5) is 11.6 Å². The third kappa shape index (κ3) is 2.88. The Morgan fingerprint density at radius 3 is 2.50 bits per heavy atom. The van der Waals surface area contributed by atoms with E-state index in [1.54, 1.807) is 11.8 Å². The third-order valence-corrected chi connectivity index (χ3v) is 4.43. The number of hydrogen-bond acceptors (Lipinski definition) is 5. The van der Waals surface area contributed by atoms with E-state index in [0.29, 0.717) is 5.41 Å². The number of rotatable bonds is 6. The molecule has 0 unspecified atom stereocenters. The standard InChI is InChI=1S/C13H22N4S/c1-9(2)13(5-6-13)8-15-11-7-10(14-3)16-12(17-11)18-4/h7,9H,5-6,8H2,1-4H3,(H2,14,15,16,17). The van der Waals surface area contributed by atoms with Crippen LogP contribution in [0.25, 0.3) is 0 Å². The molecule has 1 aromatic rings. The van der Waals surface area contributed by atoms with Crippen LogP contribution in [0.1, 0.15) is 26.7 Å². The Balaban J connectivity index is 2.05. The summed E-state index contributed by atoms with van der Waals surface area (Å²) < 4.78 is 0. The van der Waals surface area contributed by atoms with Gasteiger partial charge in [0.1, 0.15) is 11.6 Å². The van der Waals surface area contributed by atoms with Crippen molar-refractivity contribution in [3.8, 4) is 0 Å². The molecular formula is C13H22N4S. The second-order valence-corrected chi connectivity index (χ2v) is 6.02. The summed E-state index contributed by atoms with van der Waals surface area (Å²) in [7, 11) is 1.88. The summed E-state index contributed by atoms with van der Waals surface area (Å²) in [5.74, 6) is 2.52. The van der Waals surface area contributed by atoms with Crippen LogP contribution in [0.2, 0.25) is 0 Å². The van der Waals surface area contributed by atoms with Crippen LogP contribution < -0.4 is 10.6 Å². The van der Waals surface area contributed by atoms with Crippen molar-refractivity contribution in [2.24, 2.45) is 11.3 Å². The molecule has 1 aliphatic carbocycles. The highest BCUT2D eigenvalue weighted by atomic mass is 32.2. The number of hydrogen-bond donors (Lipinski definition) is 2. The first kappa shape index (κ1) is 13.5. The molecule has 1 fully saturated rings. The molecule has 0 saturated heterocycles. The molecule has 0 amide bonds. The van der Waals surface area contributed by atoms with Gasteiger partial charge in [-0.1, -0.05) is 25.6 Å². The lowest BCUT2D eigenvalue weighted by molar-refractivity contribution is 0.379. The molecule has 0 atom stereocenters. The predicted molar refractivity (Wildman–Crippen MR) is 78.4 cm³/mol. The molecule has 0 spiro atoms. The van der Waals surface area contributed by atoms with Crippen LogP contribution in [0.3, 0.4) is 0 Å². The molecule has 4 nitrogen and oxygen atoms in total. The Labute approximate surface area is 113 Å². The van der Waals surface area contributed by atoms with Gasteiger partial charge in [-0.15, -0.1) is 0 Å². The van der Waals surface area contributed by atoms with Gasteiger partial charge in [0, 0.05) is 19.7 Å². The highest BCUT2D eigenvalue weighted by Crippen LogP contribution is 2.51. The first-order valence-electron chi connectivity index (χ1n) is 6.44.